The van der Waals surface area contributed by atoms with E-state index in [0.29, 0.717) is 18.8 Å². The van der Waals surface area contributed by atoms with Gasteiger partial charge in [0.05, 0.1) is 23.5 Å². The van der Waals surface area contributed by atoms with E-state index in [9.17, 15) is 8.78 Å². The van der Waals surface area contributed by atoms with Gasteiger partial charge in [0, 0.05) is 6.54 Å². The van der Waals surface area contributed by atoms with Gasteiger partial charge in [-0.25, -0.2) is 8.78 Å². The molecule has 1 rings (SSSR count). The van der Waals surface area contributed by atoms with Crippen molar-refractivity contribution in [3.8, 4) is 0 Å². The van der Waals surface area contributed by atoms with E-state index in [1.165, 1.54) is 6.20 Å². The van der Waals surface area contributed by atoms with Crippen LogP contribution in [0.2, 0.25) is 5.02 Å². The SMILES string of the molecule is CCCNC(c1c(Cl)cnn1CCN(C)C)C(F)F. The Kier molecular flexibility index (Phi) is 6.68. The number of halogens is 3. The standard InChI is InChI=1S/C12H21ClF2N4/c1-4-5-16-10(12(14)15)11-9(13)8-17-19(11)7-6-18(2)3/h8,10,12,16H,4-7H2,1-3H3. The van der Waals surface area contributed by atoms with Crippen molar-refractivity contribution in [2.75, 3.05) is 27.2 Å². The van der Waals surface area contributed by atoms with Crippen molar-refractivity contribution in [2.24, 2.45) is 0 Å². The molecule has 0 amide bonds. The van der Waals surface area contributed by atoms with Gasteiger partial charge in [0.1, 0.15) is 6.04 Å². The Hall–Kier alpha value is -0.720. The van der Waals surface area contributed by atoms with Gasteiger partial charge in [0.25, 0.3) is 6.43 Å². The molecule has 1 atom stereocenters. The highest BCUT2D eigenvalue weighted by atomic mass is 35.5. The first kappa shape index (κ1) is 16.3. The van der Waals surface area contributed by atoms with E-state index in [1.807, 2.05) is 25.9 Å². The summed E-state index contributed by atoms with van der Waals surface area (Å²) < 4.78 is 27.9. The van der Waals surface area contributed by atoms with Crippen LogP contribution in [0.4, 0.5) is 8.78 Å². The van der Waals surface area contributed by atoms with E-state index in [-0.39, 0.29) is 5.02 Å². The summed E-state index contributed by atoms with van der Waals surface area (Å²) in [5, 5.41) is 7.20. The van der Waals surface area contributed by atoms with Crippen LogP contribution in [0.5, 0.6) is 0 Å². The maximum atomic E-state index is 13.2. The molecule has 1 aromatic heterocycles. The molecule has 1 aromatic rings. The van der Waals surface area contributed by atoms with Crippen molar-refractivity contribution in [1.29, 1.82) is 0 Å². The number of hydrogen-bond donors (Lipinski definition) is 1. The number of hydrogen-bond acceptors (Lipinski definition) is 3. The molecule has 19 heavy (non-hydrogen) atoms. The number of likely N-dealkylation sites (N-methyl/N-ethyl adjacent to an activating group) is 1. The third-order valence-corrected chi connectivity index (χ3v) is 3.04. The lowest BCUT2D eigenvalue weighted by Gasteiger charge is -2.20. The minimum Gasteiger partial charge on any atom is -0.308 e. The second-order valence-corrected chi connectivity index (χ2v) is 5.08. The molecule has 7 heteroatoms. The zero-order valence-electron chi connectivity index (χ0n) is 11.5. The van der Waals surface area contributed by atoms with Gasteiger partial charge in [-0.1, -0.05) is 18.5 Å². The highest BCUT2D eigenvalue weighted by Gasteiger charge is 2.27. The van der Waals surface area contributed by atoms with E-state index >= 15 is 0 Å². The Balaban J connectivity index is 2.90. The normalized spacial score (nSPS) is 13.5. The van der Waals surface area contributed by atoms with E-state index in [2.05, 4.69) is 10.4 Å². The first-order valence-electron chi connectivity index (χ1n) is 6.34. The Bertz CT molecular complexity index is 382. The highest BCUT2D eigenvalue weighted by molar-refractivity contribution is 6.31. The molecule has 0 saturated heterocycles. The van der Waals surface area contributed by atoms with Crippen LogP contribution in [-0.2, 0) is 6.54 Å². The van der Waals surface area contributed by atoms with Crippen molar-refractivity contribution in [3.05, 3.63) is 16.9 Å². The van der Waals surface area contributed by atoms with Crippen LogP contribution in [0, 0.1) is 0 Å². The van der Waals surface area contributed by atoms with Crippen molar-refractivity contribution >= 4 is 11.6 Å². The van der Waals surface area contributed by atoms with Crippen LogP contribution in [0.15, 0.2) is 6.20 Å². The number of nitrogens with zero attached hydrogens (tertiary/aromatic N) is 3. The predicted octanol–water partition coefficient (Wildman–Crippen LogP) is 2.40. The lowest BCUT2D eigenvalue weighted by molar-refractivity contribution is 0.0940. The van der Waals surface area contributed by atoms with Crippen molar-refractivity contribution in [1.82, 2.24) is 20.0 Å². The molecule has 4 nitrogen and oxygen atoms in total. The van der Waals surface area contributed by atoms with Crippen LogP contribution >= 0.6 is 11.6 Å². The highest BCUT2D eigenvalue weighted by Crippen LogP contribution is 2.27. The summed E-state index contributed by atoms with van der Waals surface area (Å²) in [5.74, 6) is 0. The molecule has 0 saturated carbocycles. The fraction of sp³-hybridized carbons (Fsp3) is 0.750. The second-order valence-electron chi connectivity index (χ2n) is 4.67. The maximum absolute atomic E-state index is 13.2. The van der Waals surface area contributed by atoms with Crippen molar-refractivity contribution < 1.29 is 8.78 Å². The number of rotatable bonds is 8. The Morgan fingerprint density at radius 1 is 1.47 bits per heavy atom. The van der Waals surface area contributed by atoms with Crippen LogP contribution < -0.4 is 5.32 Å². The zero-order chi connectivity index (χ0) is 14.4. The van der Waals surface area contributed by atoms with Gasteiger partial charge in [0.2, 0.25) is 0 Å². The summed E-state index contributed by atoms with van der Waals surface area (Å²) in [4.78, 5) is 1.97. The quantitative estimate of drug-likeness (QED) is 0.799. The van der Waals surface area contributed by atoms with E-state index in [4.69, 9.17) is 11.6 Å². The van der Waals surface area contributed by atoms with E-state index in [0.717, 1.165) is 13.0 Å². The summed E-state index contributed by atoms with van der Waals surface area (Å²) in [7, 11) is 3.84. The molecule has 1 heterocycles. The molecule has 0 aliphatic rings. The summed E-state index contributed by atoms with van der Waals surface area (Å²) in [6.07, 6.45) is -0.304. The molecule has 1 N–H and O–H groups in total. The molecular weight excluding hydrogens is 274 g/mol. The summed E-state index contributed by atoms with van der Waals surface area (Å²) >= 11 is 6.01. The average molecular weight is 295 g/mol. The monoisotopic (exact) mass is 294 g/mol. The fourth-order valence-corrected chi connectivity index (χ4v) is 2.02. The summed E-state index contributed by atoms with van der Waals surface area (Å²) in [6.45, 7) is 3.70. The first-order chi connectivity index (χ1) is 8.97. The third-order valence-electron chi connectivity index (χ3n) is 2.75. The molecule has 0 aliphatic carbocycles. The van der Waals surface area contributed by atoms with Crippen molar-refractivity contribution in [3.63, 3.8) is 0 Å². The minimum atomic E-state index is -2.51. The zero-order valence-corrected chi connectivity index (χ0v) is 12.3. The molecule has 0 aliphatic heterocycles. The summed E-state index contributed by atoms with van der Waals surface area (Å²) in [5.41, 5.74) is 0.368. The molecule has 0 fully saturated rings. The Morgan fingerprint density at radius 3 is 2.68 bits per heavy atom. The molecule has 0 bridgehead atoms. The second kappa shape index (κ2) is 7.77. The fourth-order valence-electron chi connectivity index (χ4n) is 1.76. The lowest BCUT2D eigenvalue weighted by Crippen LogP contribution is -2.31. The van der Waals surface area contributed by atoms with Gasteiger partial charge in [0.15, 0.2) is 0 Å². The van der Waals surface area contributed by atoms with E-state index < -0.39 is 12.5 Å². The van der Waals surface area contributed by atoms with Crippen LogP contribution in [-0.4, -0.2) is 48.3 Å². The van der Waals surface area contributed by atoms with Gasteiger partial charge in [-0.2, -0.15) is 5.10 Å². The summed E-state index contributed by atoms with van der Waals surface area (Å²) in [6, 6.07) is -1.07. The van der Waals surface area contributed by atoms with E-state index in [1.54, 1.807) is 4.68 Å². The first-order valence-corrected chi connectivity index (χ1v) is 6.72. The number of aromatic nitrogens is 2. The molecule has 0 aromatic carbocycles. The van der Waals surface area contributed by atoms with Crippen LogP contribution in [0.3, 0.4) is 0 Å². The number of alkyl halides is 2. The largest absolute Gasteiger partial charge is 0.308 e. The lowest BCUT2D eigenvalue weighted by atomic mass is 10.2. The topological polar surface area (TPSA) is 33.1 Å². The predicted molar refractivity (Wildman–Crippen MR) is 72.8 cm³/mol. The van der Waals surface area contributed by atoms with Gasteiger partial charge in [-0.15, -0.1) is 0 Å². The molecule has 0 spiro atoms. The van der Waals surface area contributed by atoms with Gasteiger partial charge >= 0.3 is 0 Å². The molecular formula is C12H21ClF2N4. The molecule has 0 radical (unpaired) electrons. The van der Waals surface area contributed by atoms with Gasteiger partial charge < -0.3 is 10.2 Å². The van der Waals surface area contributed by atoms with Crippen LogP contribution in [0.1, 0.15) is 25.1 Å². The molecule has 110 valence electrons. The number of nitrogens with one attached hydrogen (secondary N) is 1. The van der Waals surface area contributed by atoms with Crippen molar-refractivity contribution in [2.45, 2.75) is 32.4 Å². The average Bonchev–Trinajstić information content (AvgIpc) is 2.69. The van der Waals surface area contributed by atoms with Gasteiger partial charge in [-0.05, 0) is 27.1 Å². The van der Waals surface area contributed by atoms with Crippen LogP contribution in [0.25, 0.3) is 0 Å². The third kappa shape index (κ3) is 4.71. The minimum absolute atomic E-state index is 0.285. The smallest absolute Gasteiger partial charge is 0.259 e. The Labute approximate surface area is 117 Å². The molecule has 1 unspecified atom stereocenters. The maximum Gasteiger partial charge on any atom is 0.259 e. The Morgan fingerprint density at radius 2 is 2.16 bits per heavy atom. The van der Waals surface area contributed by atoms with Gasteiger partial charge in [-0.3, -0.25) is 4.68 Å².